The van der Waals surface area contributed by atoms with Crippen molar-refractivity contribution in [2.75, 3.05) is 19.6 Å². The molecular weight excluding hydrogens is 945 g/mol. The first-order valence-corrected chi connectivity index (χ1v) is 27.5. The Labute approximate surface area is 459 Å². The summed E-state index contributed by atoms with van der Waals surface area (Å²) < 4.78 is 0. The first-order chi connectivity index (χ1) is 38.7. The van der Waals surface area contributed by atoms with Crippen molar-refractivity contribution in [3.63, 3.8) is 0 Å². The van der Waals surface area contributed by atoms with Crippen molar-refractivity contribution in [3.05, 3.63) is 308 Å². The molecule has 0 saturated carbocycles. The molecule has 78 heavy (non-hydrogen) atoms. The largest absolute Gasteiger partial charge is 0.314 e. The summed E-state index contributed by atoms with van der Waals surface area (Å²) in [5, 5.41) is 4.63. The summed E-state index contributed by atoms with van der Waals surface area (Å²) in [5.74, 6) is 0. The second kappa shape index (κ2) is 21.9. The van der Waals surface area contributed by atoms with Gasteiger partial charge in [0.15, 0.2) is 0 Å². The van der Waals surface area contributed by atoms with Crippen LogP contribution < -0.4 is 19.6 Å². The summed E-state index contributed by atoms with van der Waals surface area (Å²) >= 11 is 0. The predicted molar refractivity (Wildman–Crippen MR) is 332 cm³/mol. The Morgan fingerprint density at radius 2 is 0.641 bits per heavy atom. The van der Waals surface area contributed by atoms with E-state index in [1.165, 1.54) is 17.1 Å². The Morgan fingerprint density at radius 1 is 0.269 bits per heavy atom. The number of para-hydroxylation sites is 5. The zero-order chi connectivity index (χ0) is 52.0. The van der Waals surface area contributed by atoms with Gasteiger partial charge in [-0.05, 0) is 176 Å². The molecule has 0 unspecified atom stereocenters. The van der Waals surface area contributed by atoms with E-state index in [2.05, 4.69) is 311 Å². The first-order valence-electron chi connectivity index (χ1n) is 27.5. The predicted octanol–water partition coefficient (Wildman–Crippen LogP) is 20.9. The molecule has 0 atom stereocenters. The van der Waals surface area contributed by atoms with E-state index in [9.17, 15) is 0 Å². The van der Waals surface area contributed by atoms with Crippen LogP contribution in [0, 0.1) is 0 Å². The van der Waals surface area contributed by atoms with Crippen molar-refractivity contribution in [3.8, 4) is 22.3 Å². The minimum absolute atomic E-state index is 0.976. The molecule has 10 aromatic carbocycles. The van der Waals surface area contributed by atoms with Crippen LogP contribution >= 0.6 is 0 Å². The lowest BCUT2D eigenvalue weighted by Gasteiger charge is -2.34. The van der Waals surface area contributed by atoms with Crippen LogP contribution in [-0.4, -0.2) is 0 Å². The van der Waals surface area contributed by atoms with E-state index in [4.69, 9.17) is 0 Å². The molecule has 0 amide bonds. The van der Waals surface area contributed by atoms with Gasteiger partial charge in [0.2, 0.25) is 0 Å². The second-order valence-electron chi connectivity index (χ2n) is 20.2. The monoisotopic (exact) mass is 1000 g/mol. The third-order valence-corrected chi connectivity index (χ3v) is 15.2. The number of anilines is 9. The van der Waals surface area contributed by atoms with Crippen LogP contribution in [0.3, 0.4) is 0 Å². The number of hydrogen-bond donors (Lipinski definition) is 0. The van der Waals surface area contributed by atoms with Gasteiger partial charge in [-0.25, -0.2) is 0 Å². The van der Waals surface area contributed by atoms with Crippen molar-refractivity contribution in [1.29, 1.82) is 0 Å². The van der Waals surface area contributed by atoms with Crippen molar-refractivity contribution < 1.29 is 0 Å². The first kappa shape index (κ1) is 48.0. The van der Waals surface area contributed by atoms with Gasteiger partial charge in [0.1, 0.15) is 0 Å². The van der Waals surface area contributed by atoms with Crippen LogP contribution in [0.1, 0.15) is 38.5 Å². The van der Waals surface area contributed by atoms with E-state index < -0.39 is 0 Å². The van der Waals surface area contributed by atoms with Gasteiger partial charge in [0.25, 0.3) is 0 Å². The Bertz CT molecular complexity index is 3890. The molecule has 0 N–H and O–H groups in total. The van der Waals surface area contributed by atoms with Crippen LogP contribution in [0.15, 0.2) is 308 Å². The Morgan fingerprint density at radius 3 is 1.06 bits per heavy atom. The van der Waals surface area contributed by atoms with Crippen molar-refractivity contribution >= 4 is 72.7 Å². The third kappa shape index (κ3) is 9.54. The zero-order valence-electron chi connectivity index (χ0n) is 43.7. The average Bonchev–Trinajstić information content (AvgIpc) is 3.69. The van der Waals surface area contributed by atoms with E-state index >= 15 is 0 Å². The van der Waals surface area contributed by atoms with Crippen molar-refractivity contribution in [2.45, 2.75) is 38.5 Å². The molecule has 10 aromatic rings. The van der Waals surface area contributed by atoms with Crippen molar-refractivity contribution in [1.82, 2.24) is 0 Å². The van der Waals surface area contributed by atoms with E-state index in [1.54, 1.807) is 0 Å². The number of benzene rings is 10. The quantitative estimate of drug-likeness (QED) is 0.0795. The summed E-state index contributed by atoms with van der Waals surface area (Å²) in [4.78, 5) is 9.76. The third-order valence-electron chi connectivity index (χ3n) is 15.2. The lowest BCUT2D eigenvalue weighted by Crippen LogP contribution is -2.18. The molecule has 0 fully saturated rings. The van der Waals surface area contributed by atoms with E-state index in [0.717, 1.165) is 134 Å². The van der Waals surface area contributed by atoms with Gasteiger partial charge in [-0.15, -0.1) is 0 Å². The molecule has 4 heteroatoms. The molecule has 0 spiro atoms. The number of rotatable bonds is 14. The maximum Gasteiger partial charge on any atom is 0.0620 e. The smallest absolute Gasteiger partial charge is 0.0620 e. The minimum Gasteiger partial charge on any atom is -0.314 e. The molecule has 3 aliphatic rings. The van der Waals surface area contributed by atoms with Crippen LogP contribution in [0.25, 0.3) is 43.8 Å². The molecule has 4 nitrogen and oxygen atoms in total. The molecule has 0 aliphatic heterocycles. The maximum absolute atomic E-state index is 2.50. The van der Waals surface area contributed by atoms with Gasteiger partial charge in [-0.2, -0.15) is 0 Å². The van der Waals surface area contributed by atoms with Gasteiger partial charge < -0.3 is 19.6 Å². The fourth-order valence-corrected chi connectivity index (χ4v) is 11.6. The van der Waals surface area contributed by atoms with E-state index in [0.29, 0.717) is 0 Å². The molecule has 0 saturated heterocycles. The SMILES string of the molecule is C1=CCCC(N(c2ccccc2)c2ccc(-c3ccc4c(N(C5=CCCC=C5)c5ccccc5)c5ccc(-c6ccc(N(C7=CCCC=C7)c7ccccc7)cc6)cc5c(N(c5ccccc5)c5ccccc5)c4c3)cc2)=C1. The summed E-state index contributed by atoms with van der Waals surface area (Å²) in [7, 11) is 0. The molecule has 0 aromatic heterocycles. The van der Waals surface area contributed by atoms with Gasteiger partial charge in [0, 0.05) is 78.4 Å². The standard InChI is InChI=1S/C74H60N4/c1-9-25-59(26-10-1)75(60-27-11-2-12-28-60)67-47-41-55(42-48-67)57-45-51-69-71(53-57)74(78(65-37-21-7-22-38-65)66-39-23-8-24-40-66)72-54-58(46-52-70(72)73(69)77(63-33-17-5-18-34-63)64-35-19-6-20-36-64)56-43-49-68(50-44-56)76(61-29-13-3-14-30-61)62-31-15-4-16-32-62/h1-3,5,7-11,13-15,17-19,21-27,29-54H,4,6,12,16,20,28H2. The fourth-order valence-electron chi connectivity index (χ4n) is 11.6. The number of allylic oxidation sites excluding steroid dienone is 10. The van der Waals surface area contributed by atoms with Gasteiger partial charge in [0.05, 0.1) is 11.4 Å². The highest BCUT2D eigenvalue weighted by atomic mass is 15.2. The van der Waals surface area contributed by atoms with Gasteiger partial charge in [-0.3, -0.25) is 0 Å². The van der Waals surface area contributed by atoms with Crippen molar-refractivity contribution in [2.24, 2.45) is 0 Å². The lowest BCUT2D eigenvalue weighted by molar-refractivity contribution is 0.918. The summed E-state index contributed by atoms with van der Waals surface area (Å²) in [6.45, 7) is 0. The second-order valence-corrected chi connectivity index (χ2v) is 20.2. The number of hydrogen-bond acceptors (Lipinski definition) is 4. The molecule has 0 bridgehead atoms. The average molecular weight is 1010 g/mol. The maximum atomic E-state index is 2.50. The molecule has 13 rings (SSSR count). The molecule has 3 aliphatic carbocycles. The van der Waals surface area contributed by atoms with Gasteiger partial charge >= 0.3 is 0 Å². The van der Waals surface area contributed by atoms with Crippen LogP contribution in [0.5, 0.6) is 0 Å². The van der Waals surface area contributed by atoms with Gasteiger partial charge in [-0.1, -0.05) is 176 Å². The fraction of sp³-hybridized carbons (Fsp3) is 0.0811. The molecule has 0 radical (unpaired) electrons. The lowest BCUT2D eigenvalue weighted by atomic mass is 9.90. The Hall–Kier alpha value is -9.64. The molecule has 376 valence electrons. The molecule has 0 heterocycles. The summed E-state index contributed by atoms with van der Waals surface area (Å²) in [6.07, 6.45) is 26.7. The molecular formula is C74H60N4. The van der Waals surface area contributed by atoms with Crippen LogP contribution in [-0.2, 0) is 0 Å². The summed E-state index contributed by atoms with van der Waals surface area (Å²) in [5.41, 5.74) is 18.4. The Balaban J connectivity index is 1.06. The van der Waals surface area contributed by atoms with Crippen LogP contribution in [0.2, 0.25) is 0 Å². The number of nitrogens with zero attached hydrogens (tertiary/aromatic N) is 4. The highest BCUT2D eigenvalue weighted by Gasteiger charge is 2.27. The highest BCUT2D eigenvalue weighted by Crippen LogP contribution is 2.52. The van der Waals surface area contributed by atoms with Crippen LogP contribution in [0.4, 0.5) is 51.2 Å². The minimum atomic E-state index is 0.976. The zero-order valence-corrected chi connectivity index (χ0v) is 43.7. The Kier molecular flexibility index (Phi) is 13.5. The van der Waals surface area contributed by atoms with E-state index in [-0.39, 0.29) is 0 Å². The summed E-state index contributed by atoms with van der Waals surface area (Å²) in [6, 6.07) is 86.8. The normalized spacial score (nSPS) is 13.9. The number of fused-ring (bicyclic) bond motifs is 2. The highest BCUT2D eigenvalue weighted by molar-refractivity contribution is 6.24. The van der Waals surface area contributed by atoms with E-state index in [1.807, 2.05) is 0 Å². The topological polar surface area (TPSA) is 13.0 Å².